The lowest BCUT2D eigenvalue weighted by Crippen LogP contribution is -2.29. The number of ether oxygens (including phenoxy) is 1. The Labute approximate surface area is 111 Å². The van der Waals surface area contributed by atoms with Crippen molar-refractivity contribution in [2.75, 3.05) is 33.8 Å². The molecule has 102 valence electrons. The summed E-state index contributed by atoms with van der Waals surface area (Å²) in [5.41, 5.74) is 3.89. The van der Waals surface area contributed by atoms with Crippen LogP contribution in [0.1, 0.15) is 23.6 Å². The summed E-state index contributed by atoms with van der Waals surface area (Å²) in [6.07, 6.45) is 0. The van der Waals surface area contributed by atoms with Crippen LogP contribution >= 0.6 is 0 Å². The van der Waals surface area contributed by atoms with E-state index in [1.54, 1.807) is 7.11 Å². The van der Waals surface area contributed by atoms with Crippen molar-refractivity contribution in [1.82, 2.24) is 10.2 Å². The van der Waals surface area contributed by atoms with E-state index in [2.05, 4.69) is 50.2 Å². The molecular weight excluding hydrogens is 224 g/mol. The van der Waals surface area contributed by atoms with E-state index in [0.717, 1.165) is 31.9 Å². The molecule has 0 amide bonds. The maximum absolute atomic E-state index is 5.34. The second-order valence-corrected chi connectivity index (χ2v) is 4.84. The first kappa shape index (κ1) is 15.0. The summed E-state index contributed by atoms with van der Waals surface area (Å²) in [5.74, 6) is 0.978. The minimum Gasteiger partial charge on any atom is -0.496 e. The average molecular weight is 250 g/mol. The van der Waals surface area contributed by atoms with Gasteiger partial charge in [-0.1, -0.05) is 13.0 Å². The Balaban J connectivity index is 2.64. The molecule has 3 heteroatoms. The van der Waals surface area contributed by atoms with Gasteiger partial charge in [-0.05, 0) is 50.2 Å². The van der Waals surface area contributed by atoms with Gasteiger partial charge in [0, 0.05) is 19.6 Å². The molecule has 0 unspecified atom stereocenters. The Morgan fingerprint density at radius 1 is 1.22 bits per heavy atom. The molecule has 18 heavy (non-hydrogen) atoms. The highest BCUT2D eigenvalue weighted by Gasteiger charge is 2.07. The number of methoxy groups -OCH3 is 1. The second-order valence-electron chi connectivity index (χ2n) is 4.84. The summed E-state index contributed by atoms with van der Waals surface area (Å²) >= 11 is 0. The molecule has 0 aliphatic heterocycles. The van der Waals surface area contributed by atoms with E-state index >= 15 is 0 Å². The molecule has 0 aliphatic rings. The SMILES string of the molecule is CCNCCN(C)Cc1cc(C)c(OC)cc1C. The summed E-state index contributed by atoms with van der Waals surface area (Å²) < 4.78 is 5.34. The van der Waals surface area contributed by atoms with Crippen molar-refractivity contribution in [1.29, 1.82) is 0 Å². The van der Waals surface area contributed by atoms with Gasteiger partial charge in [-0.2, -0.15) is 0 Å². The summed E-state index contributed by atoms with van der Waals surface area (Å²) in [4.78, 5) is 2.34. The van der Waals surface area contributed by atoms with Gasteiger partial charge in [0.25, 0.3) is 0 Å². The standard InChI is InChI=1S/C15H26N2O/c1-6-16-7-8-17(4)11-14-9-13(3)15(18-5)10-12(14)2/h9-10,16H,6-8,11H2,1-5H3. The van der Waals surface area contributed by atoms with Crippen LogP contribution in [0.25, 0.3) is 0 Å². The molecule has 0 aromatic heterocycles. The number of aryl methyl sites for hydroxylation is 2. The maximum Gasteiger partial charge on any atom is 0.122 e. The van der Waals surface area contributed by atoms with Gasteiger partial charge in [0.1, 0.15) is 5.75 Å². The molecule has 0 saturated carbocycles. The summed E-state index contributed by atoms with van der Waals surface area (Å²) in [6, 6.07) is 4.36. The van der Waals surface area contributed by atoms with Gasteiger partial charge < -0.3 is 15.0 Å². The molecule has 0 aliphatic carbocycles. The van der Waals surface area contributed by atoms with Gasteiger partial charge in [-0.25, -0.2) is 0 Å². The van der Waals surface area contributed by atoms with Crippen molar-refractivity contribution in [2.24, 2.45) is 0 Å². The molecule has 0 saturated heterocycles. The van der Waals surface area contributed by atoms with Crippen LogP contribution in [0.15, 0.2) is 12.1 Å². The summed E-state index contributed by atoms with van der Waals surface area (Å²) in [7, 11) is 3.89. The van der Waals surface area contributed by atoms with E-state index in [-0.39, 0.29) is 0 Å². The number of likely N-dealkylation sites (N-methyl/N-ethyl adjacent to an activating group) is 2. The van der Waals surface area contributed by atoms with Gasteiger partial charge in [-0.15, -0.1) is 0 Å². The van der Waals surface area contributed by atoms with Crippen LogP contribution in [0, 0.1) is 13.8 Å². The van der Waals surface area contributed by atoms with Crippen molar-refractivity contribution in [3.05, 3.63) is 28.8 Å². The molecule has 0 heterocycles. The first-order chi connectivity index (χ1) is 8.58. The molecule has 1 aromatic carbocycles. The minimum absolute atomic E-state index is 0.978. The molecule has 0 fully saturated rings. The maximum atomic E-state index is 5.34. The predicted molar refractivity (Wildman–Crippen MR) is 77.3 cm³/mol. The zero-order chi connectivity index (χ0) is 13.5. The fourth-order valence-corrected chi connectivity index (χ4v) is 2.06. The zero-order valence-electron chi connectivity index (χ0n) is 12.3. The van der Waals surface area contributed by atoms with Gasteiger partial charge in [0.2, 0.25) is 0 Å². The lowest BCUT2D eigenvalue weighted by molar-refractivity contribution is 0.324. The fraction of sp³-hybridized carbons (Fsp3) is 0.600. The van der Waals surface area contributed by atoms with E-state index in [0.29, 0.717) is 0 Å². The molecule has 0 radical (unpaired) electrons. The Morgan fingerprint density at radius 2 is 1.94 bits per heavy atom. The first-order valence-corrected chi connectivity index (χ1v) is 6.61. The highest BCUT2D eigenvalue weighted by Crippen LogP contribution is 2.23. The molecule has 1 N–H and O–H groups in total. The van der Waals surface area contributed by atoms with Crippen LogP contribution in [0.5, 0.6) is 5.75 Å². The van der Waals surface area contributed by atoms with E-state index in [9.17, 15) is 0 Å². The van der Waals surface area contributed by atoms with E-state index in [1.165, 1.54) is 16.7 Å². The molecular formula is C15H26N2O. The molecule has 1 aromatic rings. The lowest BCUT2D eigenvalue weighted by Gasteiger charge is -2.19. The van der Waals surface area contributed by atoms with Crippen LogP contribution in [0.3, 0.4) is 0 Å². The first-order valence-electron chi connectivity index (χ1n) is 6.61. The van der Waals surface area contributed by atoms with Crippen LogP contribution in [0.4, 0.5) is 0 Å². The van der Waals surface area contributed by atoms with E-state index in [4.69, 9.17) is 4.74 Å². The third-order valence-corrected chi connectivity index (χ3v) is 3.21. The third-order valence-electron chi connectivity index (χ3n) is 3.21. The smallest absolute Gasteiger partial charge is 0.122 e. The fourth-order valence-electron chi connectivity index (χ4n) is 2.06. The number of rotatable bonds is 7. The lowest BCUT2D eigenvalue weighted by atomic mass is 10.0. The van der Waals surface area contributed by atoms with Gasteiger partial charge in [0.05, 0.1) is 7.11 Å². The number of hydrogen-bond acceptors (Lipinski definition) is 3. The monoisotopic (exact) mass is 250 g/mol. The topological polar surface area (TPSA) is 24.5 Å². The van der Waals surface area contributed by atoms with Crippen molar-refractivity contribution in [2.45, 2.75) is 27.3 Å². The van der Waals surface area contributed by atoms with Gasteiger partial charge in [-0.3, -0.25) is 0 Å². The molecule has 0 atom stereocenters. The minimum atomic E-state index is 0.978. The second kappa shape index (κ2) is 7.39. The molecule has 1 rings (SSSR count). The van der Waals surface area contributed by atoms with Crippen molar-refractivity contribution >= 4 is 0 Å². The highest BCUT2D eigenvalue weighted by atomic mass is 16.5. The summed E-state index contributed by atoms with van der Waals surface area (Å²) in [5, 5.41) is 3.35. The van der Waals surface area contributed by atoms with Crippen LogP contribution < -0.4 is 10.1 Å². The Bertz CT molecular complexity index is 377. The van der Waals surface area contributed by atoms with E-state index < -0.39 is 0 Å². The number of hydrogen-bond donors (Lipinski definition) is 1. The average Bonchev–Trinajstić information content (AvgIpc) is 2.33. The van der Waals surface area contributed by atoms with Crippen molar-refractivity contribution in [3.63, 3.8) is 0 Å². The predicted octanol–water partition coefficient (Wildman–Crippen LogP) is 2.35. The normalized spacial score (nSPS) is 11.0. The molecule has 3 nitrogen and oxygen atoms in total. The number of nitrogens with one attached hydrogen (secondary N) is 1. The third kappa shape index (κ3) is 4.31. The van der Waals surface area contributed by atoms with Crippen molar-refractivity contribution in [3.8, 4) is 5.75 Å². The van der Waals surface area contributed by atoms with Crippen LogP contribution in [-0.4, -0.2) is 38.7 Å². The highest BCUT2D eigenvalue weighted by molar-refractivity contribution is 5.41. The zero-order valence-corrected chi connectivity index (χ0v) is 12.3. The summed E-state index contributed by atoms with van der Waals surface area (Å²) in [6.45, 7) is 10.5. The van der Waals surface area contributed by atoms with Gasteiger partial charge >= 0.3 is 0 Å². The Morgan fingerprint density at radius 3 is 2.56 bits per heavy atom. The van der Waals surface area contributed by atoms with Crippen LogP contribution in [0.2, 0.25) is 0 Å². The van der Waals surface area contributed by atoms with E-state index in [1.807, 2.05) is 0 Å². The molecule has 0 spiro atoms. The van der Waals surface area contributed by atoms with Gasteiger partial charge in [0.15, 0.2) is 0 Å². The number of nitrogens with zero attached hydrogens (tertiary/aromatic N) is 1. The quantitative estimate of drug-likeness (QED) is 0.752. The molecule has 0 bridgehead atoms. The van der Waals surface area contributed by atoms with Crippen molar-refractivity contribution < 1.29 is 4.74 Å². The number of benzene rings is 1. The van der Waals surface area contributed by atoms with Crippen LogP contribution in [-0.2, 0) is 6.54 Å². The Hall–Kier alpha value is -1.06. The largest absolute Gasteiger partial charge is 0.496 e. The Kier molecular flexibility index (Phi) is 6.16.